The summed E-state index contributed by atoms with van der Waals surface area (Å²) in [5.41, 5.74) is 3.13. The molecule has 1 aliphatic heterocycles. The van der Waals surface area contributed by atoms with Crippen molar-refractivity contribution in [2.24, 2.45) is 0 Å². The van der Waals surface area contributed by atoms with Crippen molar-refractivity contribution >= 4 is 5.69 Å². The van der Waals surface area contributed by atoms with Gasteiger partial charge in [0.1, 0.15) is 23.4 Å². The van der Waals surface area contributed by atoms with Gasteiger partial charge in [-0.05, 0) is 36.2 Å². The van der Waals surface area contributed by atoms with Gasteiger partial charge in [-0.1, -0.05) is 6.07 Å². The summed E-state index contributed by atoms with van der Waals surface area (Å²) in [6.45, 7) is 0. The molecule has 0 radical (unpaired) electrons. The molecule has 0 aromatic heterocycles. The predicted molar refractivity (Wildman–Crippen MR) is 73.9 cm³/mol. The van der Waals surface area contributed by atoms with Gasteiger partial charge in [-0.15, -0.1) is 0 Å². The summed E-state index contributed by atoms with van der Waals surface area (Å²) in [4.78, 5) is 0. The zero-order valence-electron chi connectivity index (χ0n) is 11.0. The predicted octanol–water partition coefficient (Wildman–Crippen LogP) is 3.30. The number of fused-ring (bicyclic) bond motifs is 4. The molecule has 0 fully saturated rings. The first-order chi connectivity index (χ1) is 9.74. The van der Waals surface area contributed by atoms with E-state index in [4.69, 9.17) is 9.47 Å². The minimum atomic E-state index is -0.254. The lowest BCUT2D eigenvalue weighted by atomic mass is 10.1. The maximum atomic E-state index is 13.3. The molecule has 0 bridgehead atoms. The second-order valence-corrected chi connectivity index (χ2v) is 5.20. The van der Waals surface area contributed by atoms with Gasteiger partial charge in [0.25, 0.3) is 0 Å². The summed E-state index contributed by atoms with van der Waals surface area (Å²) in [7, 11) is 1.66. The fourth-order valence-corrected chi connectivity index (χ4v) is 3.04. The molecule has 4 heteroatoms. The van der Waals surface area contributed by atoms with Gasteiger partial charge in [0, 0.05) is 11.6 Å². The van der Waals surface area contributed by atoms with E-state index in [0.717, 1.165) is 23.4 Å². The number of methoxy groups -OCH3 is 1. The lowest BCUT2D eigenvalue weighted by Gasteiger charge is -2.31. The average Bonchev–Trinajstić information content (AvgIpc) is 2.81. The van der Waals surface area contributed by atoms with Gasteiger partial charge in [-0.3, -0.25) is 0 Å². The van der Waals surface area contributed by atoms with E-state index in [1.54, 1.807) is 13.2 Å². The molecule has 0 saturated carbocycles. The van der Waals surface area contributed by atoms with E-state index in [1.807, 2.05) is 12.1 Å². The number of rotatable bonds is 1. The van der Waals surface area contributed by atoms with Crippen LogP contribution in [0.2, 0.25) is 0 Å². The molecule has 0 spiro atoms. The van der Waals surface area contributed by atoms with E-state index in [-0.39, 0.29) is 18.0 Å². The van der Waals surface area contributed by atoms with Crippen molar-refractivity contribution in [1.82, 2.24) is 0 Å². The summed E-state index contributed by atoms with van der Waals surface area (Å²) in [5, 5.41) is 3.38. The van der Waals surface area contributed by atoms with E-state index < -0.39 is 0 Å². The molecule has 20 heavy (non-hydrogen) atoms. The van der Waals surface area contributed by atoms with Crippen LogP contribution in [0.25, 0.3) is 0 Å². The highest BCUT2D eigenvalue weighted by atomic mass is 19.1. The maximum absolute atomic E-state index is 13.3. The zero-order valence-corrected chi connectivity index (χ0v) is 11.0. The first-order valence-electron chi connectivity index (χ1n) is 6.64. The van der Waals surface area contributed by atoms with Crippen molar-refractivity contribution < 1.29 is 13.9 Å². The third-order valence-corrected chi connectivity index (χ3v) is 4.00. The molecular weight excluding hydrogens is 257 g/mol. The number of nitrogens with one attached hydrogen (secondary N) is 1. The van der Waals surface area contributed by atoms with Gasteiger partial charge >= 0.3 is 0 Å². The van der Waals surface area contributed by atoms with Crippen LogP contribution in [0.3, 0.4) is 0 Å². The number of anilines is 1. The fraction of sp³-hybridized carbons (Fsp3) is 0.250. The van der Waals surface area contributed by atoms with E-state index in [9.17, 15) is 4.39 Å². The van der Waals surface area contributed by atoms with Gasteiger partial charge in [-0.25, -0.2) is 4.39 Å². The average molecular weight is 271 g/mol. The molecule has 2 aromatic rings. The SMILES string of the molecule is COc1ccc2c(c1)C1Oc3ccc(F)cc3NC1C2. The minimum Gasteiger partial charge on any atom is -0.497 e. The van der Waals surface area contributed by atoms with Crippen LogP contribution in [0.4, 0.5) is 10.1 Å². The Balaban J connectivity index is 1.74. The number of halogens is 1. The standard InChI is InChI=1S/C16H14FNO2/c1-19-11-4-2-9-6-14-16(12(9)8-11)20-15-5-3-10(17)7-13(15)18-14/h2-5,7-8,14,16,18H,6H2,1H3. The highest BCUT2D eigenvalue weighted by molar-refractivity contribution is 5.61. The Labute approximate surface area is 116 Å². The highest BCUT2D eigenvalue weighted by Gasteiger charge is 2.38. The number of ether oxygens (including phenoxy) is 2. The van der Waals surface area contributed by atoms with E-state index in [0.29, 0.717) is 5.75 Å². The van der Waals surface area contributed by atoms with Gasteiger partial charge in [0.05, 0.1) is 18.8 Å². The van der Waals surface area contributed by atoms with Crippen LogP contribution in [0, 0.1) is 5.82 Å². The fourth-order valence-electron chi connectivity index (χ4n) is 3.04. The van der Waals surface area contributed by atoms with E-state index in [2.05, 4.69) is 11.4 Å². The zero-order chi connectivity index (χ0) is 13.7. The molecule has 3 nitrogen and oxygen atoms in total. The molecule has 102 valence electrons. The van der Waals surface area contributed by atoms with E-state index in [1.165, 1.54) is 17.7 Å². The molecule has 0 saturated heterocycles. The summed E-state index contributed by atoms with van der Waals surface area (Å²) in [6.07, 6.45) is 0.831. The van der Waals surface area contributed by atoms with Crippen LogP contribution in [0.15, 0.2) is 36.4 Å². The second-order valence-electron chi connectivity index (χ2n) is 5.20. The molecule has 2 aromatic carbocycles. The maximum Gasteiger partial charge on any atom is 0.145 e. The lowest BCUT2D eigenvalue weighted by molar-refractivity contribution is 0.183. The van der Waals surface area contributed by atoms with Crippen LogP contribution in [-0.4, -0.2) is 13.2 Å². The van der Waals surface area contributed by atoms with Crippen LogP contribution in [0.5, 0.6) is 11.5 Å². The third-order valence-electron chi connectivity index (χ3n) is 4.00. The van der Waals surface area contributed by atoms with Crippen molar-refractivity contribution in [2.75, 3.05) is 12.4 Å². The summed E-state index contributed by atoms with van der Waals surface area (Å²) in [6, 6.07) is 10.8. The summed E-state index contributed by atoms with van der Waals surface area (Å²) >= 11 is 0. The molecule has 2 atom stereocenters. The van der Waals surface area contributed by atoms with Crippen LogP contribution in [0.1, 0.15) is 17.2 Å². The lowest BCUT2D eigenvalue weighted by Crippen LogP contribution is -2.32. The van der Waals surface area contributed by atoms with Crippen molar-refractivity contribution in [1.29, 1.82) is 0 Å². The van der Waals surface area contributed by atoms with Crippen molar-refractivity contribution in [3.63, 3.8) is 0 Å². The number of hydrogen-bond acceptors (Lipinski definition) is 3. The molecule has 2 aliphatic rings. The Morgan fingerprint density at radius 1 is 1.25 bits per heavy atom. The van der Waals surface area contributed by atoms with Crippen LogP contribution in [-0.2, 0) is 6.42 Å². The third kappa shape index (κ3) is 1.64. The van der Waals surface area contributed by atoms with Crippen molar-refractivity contribution in [2.45, 2.75) is 18.6 Å². The smallest absolute Gasteiger partial charge is 0.145 e. The van der Waals surface area contributed by atoms with Crippen molar-refractivity contribution in [3.8, 4) is 11.5 Å². The number of hydrogen-bond donors (Lipinski definition) is 1. The quantitative estimate of drug-likeness (QED) is 0.863. The molecule has 1 heterocycles. The number of benzene rings is 2. The normalized spacial score (nSPS) is 22.1. The molecule has 1 aliphatic carbocycles. The molecule has 4 rings (SSSR count). The first kappa shape index (κ1) is 11.6. The first-order valence-corrected chi connectivity index (χ1v) is 6.64. The molecule has 1 N–H and O–H groups in total. The minimum absolute atomic E-state index is 0.0435. The highest BCUT2D eigenvalue weighted by Crippen LogP contribution is 2.44. The van der Waals surface area contributed by atoms with Gasteiger partial charge in [0.2, 0.25) is 0 Å². The van der Waals surface area contributed by atoms with Crippen molar-refractivity contribution in [3.05, 3.63) is 53.3 Å². The Kier molecular flexibility index (Phi) is 2.39. The molecule has 2 unspecified atom stereocenters. The molecular formula is C16H14FNO2. The summed E-state index contributed by atoms with van der Waals surface area (Å²) < 4.78 is 24.6. The topological polar surface area (TPSA) is 30.5 Å². The van der Waals surface area contributed by atoms with E-state index >= 15 is 0 Å². The second kappa shape index (κ2) is 4.13. The van der Waals surface area contributed by atoms with Gasteiger partial charge < -0.3 is 14.8 Å². The Bertz CT molecular complexity index is 686. The summed E-state index contributed by atoms with van der Waals surface area (Å²) in [5.74, 6) is 1.27. The Morgan fingerprint density at radius 2 is 2.15 bits per heavy atom. The van der Waals surface area contributed by atoms with Gasteiger partial charge in [-0.2, -0.15) is 0 Å². The Morgan fingerprint density at radius 3 is 3.00 bits per heavy atom. The van der Waals surface area contributed by atoms with Crippen LogP contribution < -0.4 is 14.8 Å². The largest absolute Gasteiger partial charge is 0.497 e. The van der Waals surface area contributed by atoms with Gasteiger partial charge in [0.15, 0.2) is 0 Å². The Hall–Kier alpha value is -2.23. The van der Waals surface area contributed by atoms with Crippen LogP contribution >= 0.6 is 0 Å². The monoisotopic (exact) mass is 271 g/mol. The molecule has 0 amide bonds.